The van der Waals surface area contributed by atoms with E-state index in [2.05, 4.69) is 50.8 Å². The second kappa shape index (κ2) is 7.42. The van der Waals surface area contributed by atoms with Crippen LogP contribution in [0.3, 0.4) is 0 Å². The number of ether oxygens (including phenoxy) is 1. The van der Waals surface area contributed by atoms with E-state index < -0.39 is 0 Å². The van der Waals surface area contributed by atoms with Crippen molar-refractivity contribution in [3.8, 4) is 5.75 Å². The van der Waals surface area contributed by atoms with Gasteiger partial charge in [0.25, 0.3) is 0 Å². The summed E-state index contributed by atoms with van der Waals surface area (Å²) in [7, 11) is 0. The molecule has 1 heterocycles. The molecule has 21 heavy (non-hydrogen) atoms. The van der Waals surface area contributed by atoms with Gasteiger partial charge in [0, 0.05) is 6.54 Å². The standard InChI is InChI=1S/C15H18Br2N2O2/c1-3-12-15(17)13(19(4-2)18-12)9-21-14-6-5-10(8-20)7-11(14)16/h5-7,20H,3-4,8-9H2,1-2H3. The molecule has 1 aromatic carbocycles. The molecule has 0 saturated carbocycles. The highest BCUT2D eigenvalue weighted by Gasteiger charge is 2.15. The summed E-state index contributed by atoms with van der Waals surface area (Å²) in [6.07, 6.45) is 0.884. The first-order valence-corrected chi connectivity index (χ1v) is 8.45. The lowest BCUT2D eigenvalue weighted by Gasteiger charge is -2.10. The lowest BCUT2D eigenvalue weighted by Crippen LogP contribution is -2.07. The second-order valence-corrected chi connectivity index (χ2v) is 6.24. The molecule has 0 radical (unpaired) electrons. The Morgan fingerprint density at radius 2 is 2.05 bits per heavy atom. The van der Waals surface area contributed by atoms with Crippen molar-refractivity contribution in [2.75, 3.05) is 0 Å². The quantitative estimate of drug-likeness (QED) is 0.770. The van der Waals surface area contributed by atoms with E-state index in [1.54, 1.807) is 0 Å². The summed E-state index contributed by atoms with van der Waals surface area (Å²) in [6, 6.07) is 5.57. The zero-order chi connectivity index (χ0) is 15.4. The minimum atomic E-state index is 0.0207. The fourth-order valence-electron chi connectivity index (χ4n) is 2.06. The van der Waals surface area contributed by atoms with Gasteiger partial charge in [-0.05, 0) is 62.9 Å². The van der Waals surface area contributed by atoms with Crippen LogP contribution in [-0.2, 0) is 26.2 Å². The number of halogens is 2. The number of aromatic nitrogens is 2. The van der Waals surface area contributed by atoms with Crippen molar-refractivity contribution in [3.05, 3.63) is 44.1 Å². The van der Waals surface area contributed by atoms with E-state index in [0.717, 1.165) is 44.6 Å². The fourth-order valence-corrected chi connectivity index (χ4v) is 3.28. The molecule has 0 aliphatic rings. The first-order valence-electron chi connectivity index (χ1n) is 6.86. The van der Waals surface area contributed by atoms with E-state index >= 15 is 0 Å². The smallest absolute Gasteiger partial charge is 0.134 e. The van der Waals surface area contributed by atoms with Gasteiger partial charge >= 0.3 is 0 Å². The predicted molar refractivity (Wildman–Crippen MR) is 89.4 cm³/mol. The molecule has 0 saturated heterocycles. The van der Waals surface area contributed by atoms with E-state index in [4.69, 9.17) is 9.84 Å². The summed E-state index contributed by atoms with van der Waals surface area (Å²) in [4.78, 5) is 0. The van der Waals surface area contributed by atoms with Gasteiger partial charge in [-0.25, -0.2) is 0 Å². The van der Waals surface area contributed by atoms with Crippen LogP contribution in [0.4, 0.5) is 0 Å². The fraction of sp³-hybridized carbons (Fsp3) is 0.400. The highest BCUT2D eigenvalue weighted by Crippen LogP contribution is 2.29. The van der Waals surface area contributed by atoms with E-state index in [1.807, 2.05) is 22.9 Å². The van der Waals surface area contributed by atoms with Gasteiger partial charge < -0.3 is 9.84 Å². The summed E-state index contributed by atoms with van der Waals surface area (Å²) < 4.78 is 9.70. The number of nitrogens with zero attached hydrogens (tertiary/aromatic N) is 2. The van der Waals surface area contributed by atoms with Crippen LogP contribution >= 0.6 is 31.9 Å². The van der Waals surface area contributed by atoms with Crippen molar-refractivity contribution in [3.63, 3.8) is 0 Å². The molecule has 114 valence electrons. The molecule has 0 bridgehead atoms. The van der Waals surface area contributed by atoms with Crippen LogP contribution in [0.15, 0.2) is 27.1 Å². The summed E-state index contributed by atoms with van der Waals surface area (Å²) in [5, 5.41) is 13.7. The van der Waals surface area contributed by atoms with Crippen LogP contribution in [0.2, 0.25) is 0 Å². The number of rotatable bonds is 6. The van der Waals surface area contributed by atoms with E-state index in [-0.39, 0.29) is 6.61 Å². The maximum absolute atomic E-state index is 9.12. The third-order valence-corrected chi connectivity index (χ3v) is 4.77. The van der Waals surface area contributed by atoms with Crippen molar-refractivity contribution >= 4 is 31.9 Å². The van der Waals surface area contributed by atoms with Gasteiger partial charge in [0.1, 0.15) is 12.4 Å². The second-order valence-electron chi connectivity index (χ2n) is 4.59. The van der Waals surface area contributed by atoms with Crippen LogP contribution in [-0.4, -0.2) is 14.9 Å². The van der Waals surface area contributed by atoms with E-state index in [9.17, 15) is 0 Å². The number of hydrogen-bond acceptors (Lipinski definition) is 3. The van der Waals surface area contributed by atoms with Gasteiger partial charge in [0.15, 0.2) is 0 Å². The molecular formula is C15H18Br2N2O2. The Kier molecular flexibility index (Phi) is 5.84. The monoisotopic (exact) mass is 416 g/mol. The topological polar surface area (TPSA) is 47.3 Å². The Balaban J connectivity index is 2.18. The van der Waals surface area contributed by atoms with Gasteiger partial charge in [-0.1, -0.05) is 13.0 Å². The predicted octanol–water partition coefficient (Wildman–Crippen LogP) is 4.06. The number of aryl methyl sites for hydroxylation is 2. The minimum Gasteiger partial charge on any atom is -0.486 e. The third kappa shape index (κ3) is 3.67. The summed E-state index contributed by atoms with van der Waals surface area (Å²) in [6.45, 7) is 5.42. The molecule has 1 aromatic heterocycles. The first kappa shape index (κ1) is 16.5. The van der Waals surface area contributed by atoms with Crippen molar-refractivity contribution in [1.82, 2.24) is 9.78 Å². The number of aliphatic hydroxyl groups excluding tert-OH is 1. The summed E-state index contributed by atoms with van der Waals surface area (Å²) >= 11 is 7.07. The SMILES string of the molecule is CCc1nn(CC)c(COc2ccc(CO)cc2Br)c1Br. The molecule has 0 unspecified atom stereocenters. The average molecular weight is 418 g/mol. The van der Waals surface area contributed by atoms with Gasteiger partial charge in [-0.3, -0.25) is 4.68 Å². The van der Waals surface area contributed by atoms with Crippen molar-refractivity contribution in [2.24, 2.45) is 0 Å². The molecule has 0 spiro atoms. The molecule has 0 amide bonds. The van der Waals surface area contributed by atoms with Crippen LogP contribution in [0, 0.1) is 0 Å². The average Bonchev–Trinajstić information content (AvgIpc) is 2.81. The van der Waals surface area contributed by atoms with E-state index in [0.29, 0.717) is 6.61 Å². The molecule has 0 aliphatic carbocycles. The van der Waals surface area contributed by atoms with Gasteiger partial charge in [0.2, 0.25) is 0 Å². The van der Waals surface area contributed by atoms with Gasteiger partial charge in [0.05, 0.1) is 26.9 Å². The molecule has 4 nitrogen and oxygen atoms in total. The van der Waals surface area contributed by atoms with Crippen LogP contribution in [0.25, 0.3) is 0 Å². The third-order valence-electron chi connectivity index (χ3n) is 3.24. The van der Waals surface area contributed by atoms with Gasteiger partial charge in [-0.15, -0.1) is 0 Å². The number of benzene rings is 1. The van der Waals surface area contributed by atoms with Crippen molar-refractivity contribution < 1.29 is 9.84 Å². The molecule has 1 N–H and O–H groups in total. The Labute approximate surface area is 141 Å². The lowest BCUT2D eigenvalue weighted by molar-refractivity contribution is 0.279. The highest BCUT2D eigenvalue weighted by atomic mass is 79.9. The van der Waals surface area contributed by atoms with Gasteiger partial charge in [-0.2, -0.15) is 5.10 Å². The maximum atomic E-state index is 9.12. The molecular weight excluding hydrogens is 400 g/mol. The van der Waals surface area contributed by atoms with Crippen molar-refractivity contribution in [1.29, 1.82) is 0 Å². The highest BCUT2D eigenvalue weighted by molar-refractivity contribution is 9.10. The molecule has 0 atom stereocenters. The first-order chi connectivity index (χ1) is 10.1. The molecule has 2 aromatic rings. The minimum absolute atomic E-state index is 0.0207. The Morgan fingerprint density at radius 3 is 2.62 bits per heavy atom. The molecule has 0 aliphatic heterocycles. The van der Waals surface area contributed by atoms with Crippen LogP contribution < -0.4 is 4.74 Å². The largest absolute Gasteiger partial charge is 0.486 e. The normalized spacial score (nSPS) is 10.9. The summed E-state index contributed by atoms with van der Waals surface area (Å²) in [5.74, 6) is 0.751. The maximum Gasteiger partial charge on any atom is 0.134 e. The lowest BCUT2D eigenvalue weighted by atomic mass is 10.2. The Hall–Kier alpha value is -0.850. The zero-order valence-electron chi connectivity index (χ0n) is 12.1. The number of aliphatic hydroxyl groups is 1. The molecule has 0 fully saturated rings. The summed E-state index contributed by atoms with van der Waals surface area (Å²) in [5.41, 5.74) is 2.93. The Bertz CT molecular complexity index is 626. The van der Waals surface area contributed by atoms with Crippen molar-refractivity contribution in [2.45, 2.75) is 40.0 Å². The van der Waals surface area contributed by atoms with Crippen LogP contribution in [0.5, 0.6) is 5.75 Å². The van der Waals surface area contributed by atoms with Crippen LogP contribution in [0.1, 0.15) is 30.8 Å². The van der Waals surface area contributed by atoms with E-state index in [1.165, 1.54) is 0 Å². The number of hydrogen-bond donors (Lipinski definition) is 1. The molecule has 6 heteroatoms. The zero-order valence-corrected chi connectivity index (χ0v) is 15.2. The Morgan fingerprint density at radius 1 is 1.29 bits per heavy atom. The molecule has 2 rings (SSSR count).